The zero-order valence-electron chi connectivity index (χ0n) is 7.43. The Morgan fingerprint density at radius 3 is 2.69 bits per heavy atom. The van der Waals surface area contributed by atoms with Crippen molar-refractivity contribution in [2.75, 3.05) is 14.2 Å². The van der Waals surface area contributed by atoms with Gasteiger partial charge in [0.2, 0.25) is 0 Å². The molecule has 0 saturated carbocycles. The van der Waals surface area contributed by atoms with Crippen LogP contribution >= 0.6 is 12.4 Å². The molecule has 0 atom stereocenters. The van der Waals surface area contributed by atoms with Crippen LogP contribution in [0.4, 0.5) is 0 Å². The third-order valence-electron chi connectivity index (χ3n) is 1.44. The van der Waals surface area contributed by atoms with Gasteiger partial charge in [0, 0.05) is 13.2 Å². The minimum absolute atomic E-state index is 0. The predicted octanol–water partition coefficient (Wildman–Crippen LogP) is 1.14. The first-order valence-electron chi connectivity index (χ1n) is 3.49. The summed E-state index contributed by atoms with van der Waals surface area (Å²) in [6.07, 6.45) is 1.57. The molecule has 0 bridgehead atoms. The van der Waals surface area contributed by atoms with Gasteiger partial charge in [0.25, 0.3) is 5.91 Å². The topological polar surface area (TPSA) is 42.4 Å². The summed E-state index contributed by atoms with van der Waals surface area (Å²) < 4.78 is 0. The fraction of sp³-hybridized carbons (Fsp3) is 0.250. The molecule has 1 aromatic heterocycles. The highest BCUT2D eigenvalue weighted by atomic mass is 35.5. The maximum atomic E-state index is 11.3. The molecule has 0 saturated heterocycles. The largest absolute Gasteiger partial charge is 0.295 e. The van der Waals surface area contributed by atoms with E-state index in [0.29, 0.717) is 5.69 Å². The van der Waals surface area contributed by atoms with E-state index in [9.17, 15) is 4.79 Å². The van der Waals surface area contributed by atoms with Crippen LogP contribution in [-0.2, 0) is 4.84 Å². The summed E-state index contributed by atoms with van der Waals surface area (Å²) in [5.41, 5.74) is 0.377. The highest BCUT2D eigenvalue weighted by molar-refractivity contribution is 5.91. The normalized spacial score (nSPS) is 8.77. The fourth-order valence-corrected chi connectivity index (χ4v) is 0.733. The molecule has 1 aromatic rings. The molecule has 0 aliphatic rings. The average molecular weight is 203 g/mol. The SMILES string of the molecule is CON(C)C(=O)c1ccccn1.Cl. The van der Waals surface area contributed by atoms with Crippen molar-refractivity contribution in [1.29, 1.82) is 0 Å². The van der Waals surface area contributed by atoms with Crippen molar-refractivity contribution in [3.05, 3.63) is 30.1 Å². The monoisotopic (exact) mass is 202 g/mol. The maximum Gasteiger partial charge on any atom is 0.295 e. The van der Waals surface area contributed by atoms with E-state index in [1.165, 1.54) is 14.2 Å². The zero-order chi connectivity index (χ0) is 8.97. The summed E-state index contributed by atoms with van der Waals surface area (Å²) in [6, 6.07) is 5.14. The van der Waals surface area contributed by atoms with E-state index < -0.39 is 0 Å². The average Bonchev–Trinajstić information content (AvgIpc) is 2.17. The Morgan fingerprint density at radius 2 is 2.23 bits per heavy atom. The number of hydroxylamine groups is 2. The summed E-state index contributed by atoms with van der Waals surface area (Å²) in [7, 11) is 2.97. The number of halogens is 1. The van der Waals surface area contributed by atoms with Crippen molar-refractivity contribution in [2.24, 2.45) is 0 Å². The lowest BCUT2D eigenvalue weighted by atomic mass is 10.3. The van der Waals surface area contributed by atoms with Crippen LogP contribution in [0, 0.1) is 0 Å². The van der Waals surface area contributed by atoms with Gasteiger partial charge in [-0.3, -0.25) is 14.6 Å². The molecule has 1 amide bonds. The number of nitrogens with zero attached hydrogens (tertiary/aromatic N) is 2. The molecule has 0 unspecified atom stereocenters. The predicted molar refractivity (Wildman–Crippen MR) is 50.6 cm³/mol. The van der Waals surface area contributed by atoms with Gasteiger partial charge in [-0.05, 0) is 12.1 Å². The molecular weight excluding hydrogens is 192 g/mol. The lowest BCUT2D eigenvalue weighted by molar-refractivity contribution is -0.0760. The number of aromatic nitrogens is 1. The third-order valence-corrected chi connectivity index (χ3v) is 1.44. The van der Waals surface area contributed by atoms with E-state index in [-0.39, 0.29) is 18.3 Å². The van der Waals surface area contributed by atoms with Crippen LogP contribution in [0.2, 0.25) is 0 Å². The maximum absolute atomic E-state index is 11.3. The second kappa shape index (κ2) is 5.50. The van der Waals surface area contributed by atoms with Crippen LogP contribution < -0.4 is 0 Å². The lowest BCUT2D eigenvalue weighted by Crippen LogP contribution is -2.26. The molecule has 13 heavy (non-hydrogen) atoms. The van der Waals surface area contributed by atoms with Gasteiger partial charge in [0.15, 0.2) is 0 Å². The number of rotatable bonds is 2. The van der Waals surface area contributed by atoms with Crippen molar-refractivity contribution in [3.63, 3.8) is 0 Å². The van der Waals surface area contributed by atoms with Crippen molar-refractivity contribution < 1.29 is 9.63 Å². The Labute approximate surface area is 82.9 Å². The molecule has 72 valence electrons. The van der Waals surface area contributed by atoms with Gasteiger partial charge in [-0.2, -0.15) is 0 Å². The number of carbonyl (C=O) groups is 1. The van der Waals surface area contributed by atoms with Gasteiger partial charge in [-0.15, -0.1) is 12.4 Å². The first kappa shape index (κ1) is 11.9. The molecule has 1 heterocycles. The minimum Gasteiger partial charge on any atom is -0.274 e. The molecule has 0 spiro atoms. The molecule has 0 aliphatic carbocycles. The molecule has 0 aliphatic heterocycles. The van der Waals surface area contributed by atoms with E-state index in [2.05, 4.69) is 4.98 Å². The summed E-state index contributed by atoms with van der Waals surface area (Å²) in [5, 5.41) is 1.13. The Bertz CT molecular complexity index is 266. The van der Waals surface area contributed by atoms with E-state index in [1.54, 1.807) is 24.4 Å². The van der Waals surface area contributed by atoms with Crippen molar-refractivity contribution >= 4 is 18.3 Å². The lowest BCUT2D eigenvalue weighted by Gasteiger charge is -2.12. The standard InChI is InChI=1S/C8H10N2O2.ClH/c1-10(12-2)8(11)7-5-3-4-6-9-7;/h3-6H,1-2H3;1H. The van der Waals surface area contributed by atoms with Crippen LogP contribution in [0.15, 0.2) is 24.4 Å². The first-order valence-corrected chi connectivity index (χ1v) is 3.49. The molecule has 0 aromatic carbocycles. The van der Waals surface area contributed by atoms with Crippen LogP contribution in [-0.4, -0.2) is 30.1 Å². The van der Waals surface area contributed by atoms with Crippen LogP contribution in [0.3, 0.4) is 0 Å². The van der Waals surface area contributed by atoms with Crippen LogP contribution in [0.1, 0.15) is 10.5 Å². The Kier molecular flexibility index (Phi) is 5.03. The van der Waals surface area contributed by atoms with E-state index in [1.807, 2.05) is 0 Å². The minimum atomic E-state index is -0.252. The number of pyridine rings is 1. The number of amides is 1. The molecule has 0 radical (unpaired) electrons. The van der Waals surface area contributed by atoms with Crippen LogP contribution in [0.5, 0.6) is 0 Å². The molecule has 5 heteroatoms. The first-order chi connectivity index (χ1) is 5.75. The molecule has 0 N–H and O–H groups in total. The molecule has 4 nitrogen and oxygen atoms in total. The van der Waals surface area contributed by atoms with E-state index in [0.717, 1.165) is 5.06 Å². The van der Waals surface area contributed by atoms with Crippen molar-refractivity contribution in [3.8, 4) is 0 Å². The highest BCUT2D eigenvalue weighted by Crippen LogP contribution is 1.98. The summed E-state index contributed by atoms with van der Waals surface area (Å²) in [5.74, 6) is -0.252. The smallest absolute Gasteiger partial charge is 0.274 e. The quantitative estimate of drug-likeness (QED) is 0.676. The second-order valence-corrected chi connectivity index (χ2v) is 2.20. The molecular formula is C8H11ClN2O2. The van der Waals surface area contributed by atoms with E-state index >= 15 is 0 Å². The van der Waals surface area contributed by atoms with Gasteiger partial charge in [-0.25, -0.2) is 5.06 Å². The Hall–Kier alpha value is -1.13. The van der Waals surface area contributed by atoms with Crippen molar-refractivity contribution in [2.45, 2.75) is 0 Å². The summed E-state index contributed by atoms with van der Waals surface area (Å²) >= 11 is 0. The third kappa shape index (κ3) is 3.01. The molecule has 1 rings (SSSR count). The van der Waals surface area contributed by atoms with Crippen molar-refractivity contribution in [1.82, 2.24) is 10.0 Å². The molecule has 0 fully saturated rings. The van der Waals surface area contributed by atoms with Crippen LogP contribution in [0.25, 0.3) is 0 Å². The van der Waals surface area contributed by atoms with E-state index in [4.69, 9.17) is 4.84 Å². The highest BCUT2D eigenvalue weighted by Gasteiger charge is 2.10. The van der Waals surface area contributed by atoms with Gasteiger partial charge in [-0.1, -0.05) is 6.07 Å². The van der Waals surface area contributed by atoms with Gasteiger partial charge in [0.05, 0.1) is 7.11 Å². The zero-order valence-corrected chi connectivity index (χ0v) is 8.25. The number of carbonyl (C=O) groups excluding carboxylic acids is 1. The number of hydrogen-bond donors (Lipinski definition) is 0. The summed E-state index contributed by atoms with van der Waals surface area (Å²) in [4.78, 5) is 19.9. The second-order valence-electron chi connectivity index (χ2n) is 2.20. The number of hydrogen-bond acceptors (Lipinski definition) is 3. The fourth-order valence-electron chi connectivity index (χ4n) is 0.733. The summed E-state index contributed by atoms with van der Waals surface area (Å²) in [6.45, 7) is 0. The Morgan fingerprint density at radius 1 is 1.54 bits per heavy atom. The van der Waals surface area contributed by atoms with Gasteiger partial charge >= 0.3 is 0 Å². The van der Waals surface area contributed by atoms with Gasteiger partial charge < -0.3 is 0 Å². The Balaban J connectivity index is 0.00000144. The van der Waals surface area contributed by atoms with Gasteiger partial charge in [0.1, 0.15) is 5.69 Å².